The fourth-order valence-corrected chi connectivity index (χ4v) is 2.31. The van der Waals surface area contributed by atoms with Gasteiger partial charge in [-0.05, 0) is 45.8 Å². The van der Waals surface area contributed by atoms with Crippen LogP contribution in [0.15, 0.2) is 59.2 Å². The number of aromatic nitrogens is 3. The Morgan fingerprint density at radius 3 is 2.61 bits per heavy atom. The highest BCUT2D eigenvalue weighted by molar-refractivity contribution is 9.10. The van der Waals surface area contributed by atoms with Crippen LogP contribution < -0.4 is 10.6 Å². The maximum Gasteiger partial charge on any atom is 0.244 e. The molecular weight excluding hydrogens is 361 g/mol. The van der Waals surface area contributed by atoms with Crippen molar-refractivity contribution < 1.29 is 4.39 Å². The van der Waals surface area contributed by atoms with E-state index in [0.717, 1.165) is 15.7 Å². The molecule has 0 bridgehead atoms. The summed E-state index contributed by atoms with van der Waals surface area (Å²) in [7, 11) is 0. The van der Waals surface area contributed by atoms with Gasteiger partial charge in [-0.25, -0.2) is 4.39 Å². The van der Waals surface area contributed by atoms with E-state index in [9.17, 15) is 4.39 Å². The summed E-state index contributed by atoms with van der Waals surface area (Å²) in [6.07, 6.45) is 1.54. The van der Waals surface area contributed by atoms with Crippen molar-refractivity contribution in [3.63, 3.8) is 0 Å². The second-order valence-corrected chi connectivity index (χ2v) is 5.60. The Morgan fingerprint density at radius 1 is 1.04 bits per heavy atom. The number of anilines is 3. The first-order valence-electron chi connectivity index (χ1n) is 6.90. The van der Waals surface area contributed by atoms with Crippen LogP contribution in [-0.4, -0.2) is 15.2 Å². The zero-order valence-electron chi connectivity index (χ0n) is 12.0. The predicted molar refractivity (Wildman–Crippen MR) is 91.0 cm³/mol. The highest BCUT2D eigenvalue weighted by atomic mass is 79.9. The molecule has 0 aliphatic rings. The lowest BCUT2D eigenvalue weighted by molar-refractivity contribution is 0.627. The van der Waals surface area contributed by atoms with Gasteiger partial charge >= 0.3 is 0 Å². The molecule has 0 aliphatic heterocycles. The monoisotopic (exact) mass is 373 g/mol. The molecule has 0 saturated heterocycles. The first kappa shape index (κ1) is 15.4. The van der Waals surface area contributed by atoms with Crippen molar-refractivity contribution in [1.82, 2.24) is 15.2 Å². The maximum absolute atomic E-state index is 12.9. The largest absolute Gasteiger partial charge is 0.349 e. The molecule has 0 fully saturated rings. The zero-order valence-corrected chi connectivity index (χ0v) is 13.6. The van der Waals surface area contributed by atoms with E-state index in [1.54, 1.807) is 18.3 Å². The number of hydrogen-bond acceptors (Lipinski definition) is 5. The summed E-state index contributed by atoms with van der Waals surface area (Å²) in [5.74, 6) is 0.714. The quantitative estimate of drug-likeness (QED) is 0.703. The van der Waals surface area contributed by atoms with Gasteiger partial charge in [0.05, 0.1) is 11.9 Å². The molecule has 3 aromatic rings. The van der Waals surface area contributed by atoms with E-state index in [1.807, 2.05) is 24.3 Å². The molecule has 0 amide bonds. The van der Waals surface area contributed by atoms with Crippen LogP contribution >= 0.6 is 15.9 Å². The van der Waals surface area contributed by atoms with Crippen molar-refractivity contribution in [3.05, 3.63) is 70.6 Å². The van der Waals surface area contributed by atoms with E-state index < -0.39 is 0 Å². The number of para-hydroxylation sites is 1. The third-order valence-electron chi connectivity index (χ3n) is 3.06. The molecule has 1 aromatic heterocycles. The van der Waals surface area contributed by atoms with Gasteiger partial charge in [-0.2, -0.15) is 10.1 Å². The molecular formula is C16H13BrFN5. The lowest BCUT2D eigenvalue weighted by Crippen LogP contribution is -2.06. The molecule has 0 saturated carbocycles. The van der Waals surface area contributed by atoms with Crippen LogP contribution in [0.2, 0.25) is 0 Å². The SMILES string of the molecule is Fc1ccc(CNc2nncc(Nc3ccccc3Br)n2)cc1. The highest BCUT2D eigenvalue weighted by Crippen LogP contribution is 2.24. The molecule has 2 aromatic carbocycles. The summed E-state index contributed by atoms with van der Waals surface area (Å²) in [5.41, 5.74) is 1.82. The van der Waals surface area contributed by atoms with Gasteiger partial charge < -0.3 is 10.6 Å². The van der Waals surface area contributed by atoms with E-state index in [2.05, 4.69) is 41.7 Å². The van der Waals surface area contributed by atoms with E-state index in [4.69, 9.17) is 0 Å². The maximum atomic E-state index is 12.9. The summed E-state index contributed by atoms with van der Waals surface area (Å²) in [5, 5.41) is 14.1. The summed E-state index contributed by atoms with van der Waals surface area (Å²) < 4.78 is 13.8. The molecule has 2 N–H and O–H groups in total. The molecule has 7 heteroatoms. The molecule has 0 unspecified atom stereocenters. The van der Waals surface area contributed by atoms with Crippen molar-refractivity contribution in [1.29, 1.82) is 0 Å². The Morgan fingerprint density at radius 2 is 1.83 bits per heavy atom. The number of halogens is 2. The Hall–Kier alpha value is -2.54. The molecule has 0 radical (unpaired) electrons. The van der Waals surface area contributed by atoms with Crippen molar-refractivity contribution in [3.8, 4) is 0 Å². The smallest absolute Gasteiger partial charge is 0.244 e. The number of hydrogen-bond donors (Lipinski definition) is 2. The van der Waals surface area contributed by atoms with Crippen LogP contribution in [0.1, 0.15) is 5.56 Å². The van der Waals surface area contributed by atoms with Crippen LogP contribution in [-0.2, 0) is 6.54 Å². The standard InChI is InChI=1S/C16H13BrFN5/c17-13-3-1-2-4-14(13)21-15-10-20-23-16(22-15)19-9-11-5-7-12(18)8-6-11/h1-8,10H,9H2,(H2,19,21,22,23). The van der Waals surface area contributed by atoms with Gasteiger partial charge in [0.2, 0.25) is 5.95 Å². The van der Waals surface area contributed by atoms with Gasteiger partial charge in [-0.1, -0.05) is 24.3 Å². The second kappa shape index (κ2) is 7.15. The first-order chi connectivity index (χ1) is 11.2. The van der Waals surface area contributed by atoms with Crippen LogP contribution in [0, 0.1) is 5.82 Å². The highest BCUT2D eigenvalue weighted by Gasteiger charge is 2.03. The van der Waals surface area contributed by atoms with Crippen LogP contribution in [0.3, 0.4) is 0 Å². The summed E-state index contributed by atoms with van der Waals surface area (Å²) in [6.45, 7) is 0.487. The number of nitrogens with one attached hydrogen (secondary N) is 2. The zero-order chi connectivity index (χ0) is 16.1. The van der Waals surface area contributed by atoms with E-state index in [0.29, 0.717) is 18.3 Å². The topological polar surface area (TPSA) is 62.7 Å². The average Bonchev–Trinajstić information content (AvgIpc) is 2.57. The Labute approximate surface area is 141 Å². The van der Waals surface area contributed by atoms with E-state index >= 15 is 0 Å². The number of benzene rings is 2. The number of nitrogens with zero attached hydrogens (tertiary/aromatic N) is 3. The van der Waals surface area contributed by atoms with Crippen LogP contribution in [0.25, 0.3) is 0 Å². The van der Waals surface area contributed by atoms with Gasteiger partial charge in [-0.3, -0.25) is 0 Å². The van der Waals surface area contributed by atoms with Crippen molar-refractivity contribution >= 4 is 33.4 Å². The van der Waals surface area contributed by atoms with Crippen LogP contribution in [0.4, 0.5) is 21.8 Å². The fraction of sp³-hybridized carbons (Fsp3) is 0.0625. The molecule has 23 heavy (non-hydrogen) atoms. The lowest BCUT2D eigenvalue weighted by Gasteiger charge is -2.09. The van der Waals surface area contributed by atoms with Gasteiger partial charge in [0, 0.05) is 11.0 Å². The molecule has 0 atom stereocenters. The molecule has 3 rings (SSSR count). The van der Waals surface area contributed by atoms with Gasteiger partial charge in [0.1, 0.15) is 5.82 Å². The molecule has 0 spiro atoms. The van der Waals surface area contributed by atoms with E-state index in [-0.39, 0.29) is 5.82 Å². The predicted octanol–water partition coefficient (Wildman–Crippen LogP) is 4.13. The Balaban J connectivity index is 1.67. The average molecular weight is 374 g/mol. The summed E-state index contributed by atoms with van der Waals surface area (Å²) >= 11 is 3.47. The minimum atomic E-state index is -0.258. The third kappa shape index (κ3) is 4.23. The van der Waals surface area contributed by atoms with Gasteiger partial charge in [-0.15, -0.1) is 5.10 Å². The van der Waals surface area contributed by atoms with Gasteiger partial charge in [0.25, 0.3) is 0 Å². The van der Waals surface area contributed by atoms with Crippen molar-refractivity contribution in [2.75, 3.05) is 10.6 Å². The molecule has 5 nitrogen and oxygen atoms in total. The summed E-state index contributed by atoms with van der Waals surface area (Å²) in [6, 6.07) is 14.0. The van der Waals surface area contributed by atoms with Gasteiger partial charge in [0.15, 0.2) is 5.82 Å². The minimum absolute atomic E-state index is 0.258. The van der Waals surface area contributed by atoms with E-state index in [1.165, 1.54) is 12.1 Å². The Bertz CT molecular complexity index is 794. The summed E-state index contributed by atoms with van der Waals surface area (Å²) in [4.78, 5) is 4.35. The molecule has 116 valence electrons. The van der Waals surface area contributed by atoms with Crippen molar-refractivity contribution in [2.45, 2.75) is 6.54 Å². The van der Waals surface area contributed by atoms with Crippen molar-refractivity contribution in [2.24, 2.45) is 0 Å². The third-order valence-corrected chi connectivity index (χ3v) is 3.75. The number of rotatable bonds is 5. The lowest BCUT2D eigenvalue weighted by atomic mass is 10.2. The first-order valence-corrected chi connectivity index (χ1v) is 7.69. The fourth-order valence-electron chi connectivity index (χ4n) is 1.92. The van der Waals surface area contributed by atoms with Crippen LogP contribution in [0.5, 0.6) is 0 Å². The molecule has 0 aliphatic carbocycles. The normalized spacial score (nSPS) is 10.3. The Kier molecular flexibility index (Phi) is 4.77. The molecule has 1 heterocycles. The minimum Gasteiger partial charge on any atom is -0.349 e. The second-order valence-electron chi connectivity index (χ2n) is 4.75.